The summed E-state index contributed by atoms with van der Waals surface area (Å²) in [5, 5.41) is 0. The van der Waals surface area contributed by atoms with Crippen LogP contribution < -0.4 is 5.50 Å². The Morgan fingerprint density at radius 2 is 0.739 bits per heavy atom. The monoisotopic (exact) mass is 321 g/mol. The van der Waals surface area contributed by atoms with Crippen LogP contribution in [0.5, 0.6) is 0 Å². The van der Waals surface area contributed by atoms with Crippen LogP contribution in [0.3, 0.4) is 0 Å². The van der Waals surface area contributed by atoms with Gasteiger partial charge in [-0.2, -0.15) is 0 Å². The number of hydrogen-bond donors (Lipinski definition) is 1. The maximum absolute atomic E-state index is 7.03. The predicted octanol–water partition coefficient (Wildman–Crippen LogP) is 5.21. The molecule has 0 saturated carbocycles. The van der Waals surface area contributed by atoms with Gasteiger partial charge in [0.25, 0.3) is 0 Å². The summed E-state index contributed by atoms with van der Waals surface area (Å²) >= 11 is 0. The second kappa shape index (κ2) is 7.55. The fourth-order valence-corrected chi connectivity index (χ4v) is 6.72. The van der Waals surface area contributed by atoms with Crippen molar-refractivity contribution in [1.29, 1.82) is 0 Å². The van der Waals surface area contributed by atoms with Crippen molar-refractivity contribution < 1.29 is 0 Å². The van der Waals surface area contributed by atoms with E-state index in [9.17, 15) is 0 Å². The molecule has 0 aliphatic carbocycles. The second-order valence-electron chi connectivity index (χ2n) is 6.35. The Morgan fingerprint density at radius 3 is 1.00 bits per heavy atom. The van der Waals surface area contributed by atoms with Crippen molar-refractivity contribution >= 4 is 7.41 Å². The molecular formula is C21H24NP. The summed E-state index contributed by atoms with van der Waals surface area (Å²) in [6.07, 6.45) is 3.03. The summed E-state index contributed by atoms with van der Waals surface area (Å²) in [6.45, 7) is 0. The molecule has 3 aromatic rings. The Bertz CT molecular complexity index is 609. The van der Waals surface area contributed by atoms with Crippen LogP contribution in [0.2, 0.25) is 0 Å². The van der Waals surface area contributed by atoms with Crippen LogP contribution >= 0.6 is 7.41 Å². The molecule has 0 fully saturated rings. The molecule has 0 aliphatic rings. The Labute approximate surface area is 139 Å². The molecule has 2 N–H and O–H groups in total. The van der Waals surface area contributed by atoms with E-state index in [1.54, 1.807) is 0 Å². The fourth-order valence-electron chi connectivity index (χ4n) is 3.19. The Morgan fingerprint density at radius 1 is 0.478 bits per heavy atom. The van der Waals surface area contributed by atoms with Gasteiger partial charge in [0.05, 0.1) is 0 Å². The van der Waals surface area contributed by atoms with Crippen molar-refractivity contribution in [1.82, 2.24) is 0 Å². The van der Waals surface area contributed by atoms with Crippen molar-refractivity contribution in [3.05, 3.63) is 108 Å². The van der Waals surface area contributed by atoms with E-state index in [0.29, 0.717) is 0 Å². The zero-order valence-corrected chi connectivity index (χ0v) is 14.4. The molecule has 23 heavy (non-hydrogen) atoms. The number of hydrogen-bond acceptors (Lipinski definition) is 1. The molecule has 0 bridgehead atoms. The molecule has 3 rings (SSSR count). The van der Waals surface area contributed by atoms with Gasteiger partial charge in [-0.05, 0) is 0 Å². The first-order chi connectivity index (χ1) is 11.2. The fraction of sp³-hybridized carbons (Fsp3) is 0.143. The van der Waals surface area contributed by atoms with Crippen molar-refractivity contribution in [3.8, 4) is 0 Å². The van der Waals surface area contributed by atoms with Crippen molar-refractivity contribution in [3.63, 3.8) is 0 Å². The van der Waals surface area contributed by atoms with Gasteiger partial charge in [0.2, 0.25) is 0 Å². The van der Waals surface area contributed by atoms with Crippen LogP contribution in [0, 0.1) is 0 Å². The average molecular weight is 321 g/mol. The Hall–Kier alpha value is -1.95. The summed E-state index contributed by atoms with van der Waals surface area (Å²) in [6, 6.07) is 32.0. The van der Waals surface area contributed by atoms with E-state index in [1.807, 2.05) is 0 Å². The molecule has 118 valence electrons. The van der Waals surface area contributed by atoms with E-state index in [-0.39, 0.29) is 0 Å². The third-order valence-corrected chi connectivity index (χ3v) is 7.53. The normalized spacial score (nSPS) is 12.0. The van der Waals surface area contributed by atoms with Crippen LogP contribution in [0.25, 0.3) is 0 Å². The predicted molar refractivity (Wildman–Crippen MR) is 103 cm³/mol. The summed E-state index contributed by atoms with van der Waals surface area (Å²) < 4.78 is 0. The summed E-state index contributed by atoms with van der Waals surface area (Å²) in [5.41, 5.74) is 11.1. The van der Waals surface area contributed by atoms with Crippen molar-refractivity contribution in [2.75, 3.05) is 0 Å². The molecular weight excluding hydrogens is 297 g/mol. The Kier molecular flexibility index (Phi) is 5.23. The Balaban J connectivity index is 1.85. The van der Waals surface area contributed by atoms with Gasteiger partial charge >= 0.3 is 139 Å². The molecule has 0 aliphatic heterocycles. The number of rotatable bonds is 6. The summed E-state index contributed by atoms with van der Waals surface area (Å²) in [5.74, 6) is 0. The second-order valence-corrected chi connectivity index (χ2v) is 10.1. The molecule has 1 nitrogen and oxygen atoms in total. The van der Waals surface area contributed by atoms with E-state index in [2.05, 4.69) is 91.0 Å². The van der Waals surface area contributed by atoms with E-state index >= 15 is 0 Å². The number of nitrogens with two attached hydrogens (primary N) is 1. The summed E-state index contributed by atoms with van der Waals surface area (Å²) in [7, 11) is -1.97. The third kappa shape index (κ3) is 4.76. The van der Waals surface area contributed by atoms with Gasteiger partial charge in [-0.15, -0.1) is 0 Å². The standard InChI is InChI=1S/C21H24NP/c22-23(16-19-10-4-1-5-11-19,17-20-12-6-2-7-13-20)18-21-14-8-3-9-15-21/h1-15,23H,16-18,22H2. The number of benzene rings is 3. The van der Waals surface area contributed by atoms with Crippen LogP contribution in [-0.4, -0.2) is 0 Å². The minimum absolute atomic E-state index is 1.01. The first kappa shape index (κ1) is 15.9. The molecule has 0 radical (unpaired) electrons. The van der Waals surface area contributed by atoms with Gasteiger partial charge in [-0.1, -0.05) is 0 Å². The molecule has 0 spiro atoms. The van der Waals surface area contributed by atoms with E-state index in [4.69, 9.17) is 5.50 Å². The zero-order chi connectivity index (χ0) is 16.0. The van der Waals surface area contributed by atoms with Crippen LogP contribution in [0.4, 0.5) is 0 Å². The van der Waals surface area contributed by atoms with Crippen LogP contribution in [0.1, 0.15) is 16.7 Å². The average Bonchev–Trinajstić information content (AvgIpc) is 2.57. The minimum atomic E-state index is -1.97. The molecule has 0 saturated heterocycles. The topological polar surface area (TPSA) is 26.0 Å². The molecule has 0 aromatic heterocycles. The molecule has 0 atom stereocenters. The van der Waals surface area contributed by atoms with Gasteiger partial charge < -0.3 is 0 Å². The van der Waals surface area contributed by atoms with Crippen LogP contribution in [-0.2, 0) is 18.5 Å². The van der Waals surface area contributed by atoms with E-state index in [1.165, 1.54) is 16.7 Å². The quantitative estimate of drug-likeness (QED) is 0.620. The van der Waals surface area contributed by atoms with Gasteiger partial charge in [0.1, 0.15) is 0 Å². The van der Waals surface area contributed by atoms with Gasteiger partial charge in [-0.3, -0.25) is 0 Å². The van der Waals surface area contributed by atoms with Crippen molar-refractivity contribution in [2.24, 2.45) is 5.50 Å². The van der Waals surface area contributed by atoms with Gasteiger partial charge in [-0.25, -0.2) is 0 Å². The van der Waals surface area contributed by atoms with Crippen molar-refractivity contribution in [2.45, 2.75) is 18.5 Å². The molecule has 2 heteroatoms. The first-order valence-electron chi connectivity index (χ1n) is 8.14. The van der Waals surface area contributed by atoms with Crippen LogP contribution in [0.15, 0.2) is 91.0 Å². The molecule has 3 aromatic carbocycles. The van der Waals surface area contributed by atoms with E-state index in [0.717, 1.165) is 18.5 Å². The molecule has 0 amide bonds. The van der Waals surface area contributed by atoms with Gasteiger partial charge in [0, 0.05) is 0 Å². The zero-order valence-electron chi connectivity index (χ0n) is 13.4. The summed E-state index contributed by atoms with van der Waals surface area (Å²) in [4.78, 5) is 0. The third-order valence-electron chi connectivity index (χ3n) is 4.20. The molecule has 0 heterocycles. The molecule has 0 unspecified atom stereocenters. The van der Waals surface area contributed by atoms with Gasteiger partial charge in [0.15, 0.2) is 0 Å². The first-order valence-corrected chi connectivity index (χ1v) is 10.8. The SMILES string of the molecule is N[PH](Cc1ccccc1)(Cc1ccccc1)Cc1ccccc1. The maximum atomic E-state index is 7.03. The van der Waals surface area contributed by atoms with E-state index < -0.39 is 7.41 Å².